The molecule has 0 amide bonds. The molecule has 0 aliphatic carbocycles. The van der Waals surface area contributed by atoms with Gasteiger partial charge < -0.3 is 4.74 Å². The molecule has 0 radical (unpaired) electrons. The number of nitrogens with one attached hydrogen (secondary N) is 1. The minimum absolute atomic E-state index is 0.0527. The highest BCUT2D eigenvalue weighted by molar-refractivity contribution is 7.14. The van der Waals surface area contributed by atoms with Crippen molar-refractivity contribution in [3.8, 4) is 17.0 Å². The third-order valence-corrected chi connectivity index (χ3v) is 5.11. The molecule has 0 unspecified atom stereocenters. The molecule has 1 aromatic heterocycles. The minimum Gasteiger partial charge on any atom is -0.489 e. The zero-order chi connectivity index (χ0) is 21.5. The van der Waals surface area contributed by atoms with Crippen LogP contribution in [-0.2, 0) is 6.61 Å². The summed E-state index contributed by atoms with van der Waals surface area (Å²) in [5.41, 5.74) is 6.51. The summed E-state index contributed by atoms with van der Waals surface area (Å²) >= 11 is 1.40. The Morgan fingerprint density at radius 3 is 2.65 bits per heavy atom. The third-order valence-electron chi connectivity index (χ3n) is 4.36. The monoisotopic (exact) mass is 430 g/mol. The summed E-state index contributed by atoms with van der Waals surface area (Å²) in [6.07, 6.45) is 1.70. The summed E-state index contributed by atoms with van der Waals surface area (Å²) in [4.78, 5) is 14.8. The topological polar surface area (TPSA) is 89.7 Å². The molecule has 1 heterocycles. The fourth-order valence-electron chi connectivity index (χ4n) is 2.80. The van der Waals surface area contributed by atoms with E-state index in [-0.39, 0.29) is 5.69 Å². The molecule has 7 nitrogen and oxygen atoms in total. The molecule has 154 valence electrons. The van der Waals surface area contributed by atoms with Crippen LogP contribution in [-0.4, -0.2) is 16.1 Å². The Kier molecular flexibility index (Phi) is 6.29. The van der Waals surface area contributed by atoms with Gasteiger partial charge in [0.2, 0.25) is 5.13 Å². The SMILES string of the molecule is O=[N+]([O-])c1ccc(-c2csc(N/N=C\c3cccc(OCc4ccccc4)c3)n2)cc1. The van der Waals surface area contributed by atoms with Gasteiger partial charge in [0.25, 0.3) is 5.69 Å². The number of hydrogen-bond donors (Lipinski definition) is 1. The van der Waals surface area contributed by atoms with Gasteiger partial charge >= 0.3 is 0 Å². The molecule has 0 spiro atoms. The van der Waals surface area contributed by atoms with E-state index in [1.54, 1.807) is 18.3 Å². The van der Waals surface area contributed by atoms with Crippen LogP contribution in [0.4, 0.5) is 10.8 Å². The predicted octanol–water partition coefficient (Wildman–Crippen LogP) is 5.74. The molecule has 4 aromatic rings. The first-order valence-electron chi connectivity index (χ1n) is 9.43. The van der Waals surface area contributed by atoms with Crippen molar-refractivity contribution < 1.29 is 9.66 Å². The molecule has 0 fully saturated rings. The van der Waals surface area contributed by atoms with Gasteiger partial charge in [-0.2, -0.15) is 5.10 Å². The molecule has 0 saturated heterocycles. The maximum absolute atomic E-state index is 10.8. The lowest BCUT2D eigenvalue weighted by Gasteiger charge is -2.06. The van der Waals surface area contributed by atoms with Crippen LogP contribution in [0.15, 0.2) is 89.3 Å². The average Bonchev–Trinajstić information content (AvgIpc) is 3.28. The molecular weight excluding hydrogens is 412 g/mol. The number of nitro groups is 1. The molecule has 0 atom stereocenters. The number of anilines is 1. The number of thiazole rings is 1. The zero-order valence-corrected chi connectivity index (χ0v) is 17.2. The summed E-state index contributed by atoms with van der Waals surface area (Å²) in [7, 11) is 0. The van der Waals surface area contributed by atoms with E-state index in [1.165, 1.54) is 23.5 Å². The van der Waals surface area contributed by atoms with E-state index in [4.69, 9.17) is 4.74 Å². The molecule has 0 saturated carbocycles. The van der Waals surface area contributed by atoms with Crippen LogP contribution in [0.25, 0.3) is 11.3 Å². The smallest absolute Gasteiger partial charge is 0.269 e. The Morgan fingerprint density at radius 2 is 1.87 bits per heavy atom. The normalized spacial score (nSPS) is 10.8. The van der Waals surface area contributed by atoms with Crippen LogP contribution >= 0.6 is 11.3 Å². The van der Waals surface area contributed by atoms with E-state index in [9.17, 15) is 10.1 Å². The summed E-state index contributed by atoms with van der Waals surface area (Å²) in [6.45, 7) is 0.504. The van der Waals surface area contributed by atoms with Crippen LogP contribution in [0.1, 0.15) is 11.1 Å². The number of hydrogen-bond acceptors (Lipinski definition) is 7. The number of aromatic nitrogens is 1. The second kappa shape index (κ2) is 9.64. The van der Waals surface area contributed by atoms with Gasteiger partial charge in [0, 0.05) is 23.1 Å². The Hall–Kier alpha value is -4.04. The van der Waals surface area contributed by atoms with Crippen molar-refractivity contribution in [3.05, 3.63) is 105 Å². The Morgan fingerprint density at radius 1 is 1.06 bits per heavy atom. The van der Waals surface area contributed by atoms with E-state index >= 15 is 0 Å². The molecule has 1 N–H and O–H groups in total. The lowest BCUT2D eigenvalue weighted by atomic mass is 10.1. The highest BCUT2D eigenvalue weighted by atomic mass is 32.1. The number of ether oxygens (including phenoxy) is 1. The number of nitrogens with zero attached hydrogens (tertiary/aromatic N) is 3. The quantitative estimate of drug-likeness (QED) is 0.219. The van der Waals surface area contributed by atoms with Crippen LogP contribution in [0.2, 0.25) is 0 Å². The molecule has 3 aromatic carbocycles. The highest BCUT2D eigenvalue weighted by Gasteiger charge is 2.08. The molecule has 4 rings (SSSR count). The van der Waals surface area contributed by atoms with E-state index < -0.39 is 4.92 Å². The second-order valence-electron chi connectivity index (χ2n) is 6.56. The predicted molar refractivity (Wildman–Crippen MR) is 123 cm³/mol. The van der Waals surface area contributed by atoms with Gasteiger partial charge in [-0.3, -0.25) is 15.5 Å². The molecule has 0 aliphatic rings. The average molecular weight is 430 g/mol. The van der Waals surface area contributed by atoms with Gasteiger partial charge in [0.1, 0.15) is 12.4 Å². The first-order chi connectivity index (χ1) is 15.2. The number of nitro benzene ring substituents is 1. The maximum Gasteiger partial charge on any atom is 0.269 e. The fraction of sp³-hybridized carbons (Fsp3) is 0.0435. The van der Waals surface area contributed by atoms with Crippen molar-refractivity contribution in [2.45, 2.75) is 6.61 Å². The van der Waals surface area contributed by atoms with Gasteiger partial charge in [-0.05, 0) is 35.4 Å². The fourth-order valence-corrected chi connectivity index (χ4v) is 3.47. The van der Waals surface area contributed by atoms with Crippen molar-refractivity contribution in [1.29, 1.82) is 0 Å². The lowest BCUT2D eigenvalue weighted by Crippen LogP contribution is -1.96. The van der Waals surface area contributed by atoms with Crippen molar-refractivity contribution in [1.82, 2.24) is 4.98 Å². The van der Waals surface area contributed by atoms with Gasteiger partial charge in [0.05, 0.1) is 16.8 Å². The maximum atomic E-state index is 10.8. The first-order valence-corrected chi connectivity index (χ1v) is 10.3. The Labute approximate surface area is 182 Å². The second-order valence-corrected chi connectivity index (χ2v) is 7.42. The summed E-state index contributed by atoms with van der Waals surface area (Å²) in [5.74, 6) is 0.766. The number of non-ortho nitro benzene ring substituents is 1. The first kappa shape index (κ1) is 20.2. The zero-order valence-electron chi connectivity index (χ0n) is 16.3. The summed E-state index contributed by atoms with van der Waals surface area (Å²) in [5, 5.41) is 17.5. The highest BCUT2D eigenvalue weighted by Crippen LogP contribution is 2.26. The van der Waals surface area contributed by atoms with E-state index in [1.807, 2.05) is 60.0 Å². The largest absolute Gasteiger partial charge is 0.489 e. The van der Waals surface area contributed by atoms with Gasteiger partial charge in [-0.1, -0.05) is 42.5 Å². The van der Waals surface area contributed by atoms with Gasteiger partial charge in [0.15, 0.2) is 0 Å². The van der Waals surface area contributed by atoms with Gasteiger partial charge in [-0.15, -0.1) is 11.3 Å². The van der Waals surface area contributed by atoms with E-state index in [0.717, 1.165) is 28.1 Å². The van der Waals surface area contributed by atoms with Crippen molar-refractivity contribution in [2.75, 3.05) is 5.43 Å². The molecule has 0 bridgehead atoms. The number of benzene rings is 3. The van der Waals surface area contributed by atoms with E-state index in [0.29, 0.717) is 11.7 Å². The van der Waals surface area contributed by atoms with Crippen molar-refractivity contribution in [2.24, 2.45) is 5.10 Å². The van der Waals surface area contributed by atoms with E-state index in [2.05, 4.69) is 15.5 Å². The summed E-state index contributed by atoms with van der Waals surface area (Å²) in [6, 6.07) is 24.0. The molecule has 31 heavy (non-hydrogen) atoms. The van der Waals surface area contributed by atoms with Crippen LogP contribution < -0.4 is 10.2 Å². The molecular formula is C23H18N4O3S. The standard InChI is InChI=1S/C23H18N4O3S/c28-27(29)20-11-9-19(10-12-20)22-16-31-23(25-22)26-24-14-18-7-4-8-21(13-18)30-15-17-5-2-1-3-6-17/h1-14,16H,15H2,(H,25,26)/b24-14-. The van der Waals surface area contributed by atoms with Gasteiger partial charge in [-0.25, -0.2) is 4.98 Å². The molecule has 0 aliphatic heterocycles. The third kappa shape index (κ3) is 5.52. The number of hydrazone groups is 1. The van der Waals surface area contributed by atoms with Crippen LogP contribution in [0.5, 0.6) is 5.75 Å². The van der Waals surface area contributed by atoms with Crippen LogP contribution in [0, 0.1) is 10.1 Å². The van der Waals surface area contributed by atoms with Crippen molar-refractivity contribution in [3.63, 3.8) is 0 Å². The minimum atomic E-state index is -0.422. The number of rotatable bonds is 8. The lowest BCUT2D eigenvalue weighted by molar-refractivity contribution is -0.384. The summed E-state index contributed by atoms with van der Waals surface area (Å²) < 4.78 is 5.84. The Bertz CT molecular complexity index is 1190. The molecule has 8 heteroatoms. The Balaban J connectivity index is 1.35. The van der Waals surface area contributed by atoms with Crippen molar-refractivity contribution >= 4 is 28.4 Å². The van der Waals surface area contributed by atoms with Crippen LogP contribution in [0.3, 0.4) is 0 Å².